The number of thioether (sulfide) groups is 2. The number of nitrogens with one attached hydrogen (secondary N) is 7. The molecule has 18 N–H and O–H groups in total. The summed E-state index contributed by atoms with van der Waals surface area (Å²) < 4.78 is 38.4. The van der Waals surface area contributed by atoms with Gasteiger partial charge in [0.15, 0.2) is 0 Å². The van der Waals surface area contributed by atoms with E-state index in [1.54, 1.807) is 30.3 Å². The van der Waals surface area contributed by atoms with Gasteiger partial charge in [0.2, 0.25) is 23.6 Å². The summed E-state index contributed by atoms with van der Waals surface area (Å²) in [4.78, 5) is 131. The van der Waals surface area contributed by atoms with E-state index in [9.17, 15) is 79.6 Å². The summed E-state index contributed by atoms with van der Waals surface area (Å²) in [6.07, 6.45) is -2.71. The minimum atomic E-state index is -3.13. The van der Waals surface area contributed by atoms with E-state index >= 15 is 0 Å². The molecule has 79 heavy (non-hydrogen) atoms. The molecule has 0 saturated heterocycles. The molecule has 0 heterocycles. The summed E-state index contributed by atoms with van der Waals surface area (Å²) in [6, 6.07) is 15.8. The second-order valence-electron chi connectivity index (χ2n) is 17.2. The fraction of sp³-hybridized carbons (Fsp3) is 0.306. The van der Waals surface area contributed by atoms with Gasteiger partial charge in [-0.15, -0.1) is 0 Å². The number of nitrogens with two attached hydrogens (primary N) is 2. The third-order valence-corrected chi connectivity index (χ3v) is 16.3. The van der Waals surface area contributed by atoms with Crippen molar-refractivity contribution in [3.63, 3.8) is 0 Å². The first kappa shape index (κ1) is 64.5. The molecular formula is C49H59As2N9O17S2. The van der Waals surface area contributed by atoms with E-state index in [4.69, 9.17) is 11.5 Å². The number of carbonyl (C=O) groups excluding carboxylic acids is 8. The van der Waals surface area contributed by atoms with Gasteiger partial charge in [0.05, 0.1) is 6.42 Å². The monoisotopic (exact) mass is 1260 g/mol. The van der Waals surface area contributed by atoms with Crippen molar-refractivity contribution in [2.24, 2.45) is 11.5 Å². The molecule has 0 spiro atoms. The van der Waals surface area contributed by atoms with Crippen LogP contribution < -0.4 is 57.4 Å². The number of carbonyl (C=O) groups is 10. The average molecular weight is 1260 g/mol. The van der Waals surface area contributed by atoms with Crippen LogP contribution in [0.3, 0.4) is 0 Å². The number of benzene rings is 4. The van der Waals surface area contributed by atoms with Crippen molar-refractivity contribution in [2.75, 3.05) is 33.6 Å². The van der Waals surface area contributed by atoms with Gasteiger partial charge in [0.25, 0.3) is 0 Å². The fourth-order valence-electron chi connectivity index (χ4n) is 7.00. The zero-order valence-electron chi connectivity index (χ0n) is 41.7. The topological polar surface area (TPSA) is 449 Å². The van der Waals surface area contributed by atoms with Crippen LogP contribution in [0.5, 0.6) is 5.75 Å². The van der Waals surface area contributed by atoms with Crippen LogP contribution in [0.1, 0.15) is 30.4 Å². The van der Waals surface area contributed by atoms with E-state index in [-0.39, 0.29) is 35.8 Å². The normalized spacial score (nSPS) is 13.3. The first-order chi connectivity index (χ1) is 37.5. The molecule has 30 heteroatoms. The zero-order chi connectivity index (χ0) is 58.2. The number of rotatable bonds is 32. The number of hydrogen-bond donors (Lipinski definition) is 16. The summed E-state index contributed by atoms with van der Waals surface area (Å²) in [5, 5.41) is 46.6. The Balaban J connectivity index is 1.48. The number of phenolic OH excluding ortho intramolecular Hbond substituents is 1. The molecule has 0 aliphatic rings. The molecule has 0 radical (unpaired) electrons. The number of hydrogen-bond acceptors (Lipinski definition) is 18. The molecule has 0 fully saturated rings. The van der Waals surface area contributed by atoms with E-state index in [1.807, 2.05) is 0 Å². The Morgan fingerprint density at radius 3 is 1.39 bits per heavy atom. The Hall–Kier alpha value is -7.00. The number of anilines is 2. The molecule has 424 valence electrons. The van der Waals surface area contributed by atoms with Gasteiger partial charge in [-0.3, -0.25) is 28.8 Å². The number of amides is 8. The van der Waals surface area contributed by atoms with Crippen molar-refractivity contribution in [2.45, 2.75) is 68.4 Å². The van der Waals surface area contributed by atoms with Gasteiger partial charge in [0, 0.05) is 19.3 Å². The first-order valence-corrected chi connectivity index (χ1v) is 31.1. The number of aliphatic carboxylic acids is 2. The third kappa shape index (κ3) is 23.5. The number of carboxylic acid groups (broad SMARTS) is 2. The van der Waals surface area contributed by atoms with Crippen LogP contribution in [-0.2, 0) is 60.8 Å². The van der Waals surface area contributed by atoms with Crippen molar-refractivity contribution in [3.05, 3.63) is 114 Å². The Morgan fingerprint density at radius 1 is 0.506 bits per heavy atom. The fourth-order valence-corrected chi connectivity index (χ4v) is 10.4. The van der Waals surface area contributed by atoms with Crippen molar-refractivity contribution in [1.82, 2.24) is 26.6 Å². The molecule has 0 aliphatic carbocycles. The first-order valence-electron chi connectivity index (χ1n) is 23.6. The average Bonchev–Trinajstić information content (AvgIpc) is 3.39. The molecule has 4 aromatic carbocycles. The SMILES string of the molecule is NC(=O)CC(NC(=O)C(CCC(=O)O)NC(=O)C(Cc1ccccc1)NC(=O)C(Cc1ccc(O)cc1)NC(=O)C(N)CSCC(=O)Nc1ccc([As](O)O)cc1)C(=O)NC(CSCC(=O)Nc1ccc([As](O)O)cc1)C(=O)O. The molecule has 0 aromatic heterocycles. The predicted molar refractivity (Wildman–Crippen MR) is 292 cm³/mol. The summed E-state index contributed by atoms with van der Waals surface area (Å²) in [5.74, 6) is -11.5. The van der Waals surface area contributed by atoms with Crippen LogP contribution >= 0.6 is 23.5 Å². The summed E-state index contributed by atoms with van der Waals surface area (Å²) >= 11 is -4.44. The Morgan fingerprint density at radius 2 is 0.924 bits per heavy atom. The van der Waals surface area contributed by atoms with Gasteiger partial charge >= 0.3 is 261 Å². The number of primary amides is 1. The molecule has 26 nitrogen and oxygen atoms in total. The molecule has 4 aromatic rings. The van der Waals surface area contributed by atoms with Crippen LogP contribution in [0.15, 0.2) is 103 Å². The van der Waals surface area contributed by atoms with Crippen molar-refractivity contribution in [1.29, 1.82) is 0 Å². The van der Waals surface area contributed by atoms with Gasteiger partial charge in [-0.25, -0.2) is 0 Å². The van der Waals surface area contributed by atoms with Crippen LogP contribution in [0, 0.1) is 0 Å². The van der Waals surface area contributed by atoms with Crippen LogP contribution in [0.4, 0.5) is 11.4 Å². The number of carboxylic acids is 2. The van der Waals surface area contributed by atoms with E-state index in [0.717, 1.165) is 23.5 Å². The molecule has 6 atom stereocenters. The van der Waals surface area contributed by atoms with Crippen molar-refractivity contribution in [3.8, 4) is 5.75 Å². The second kappa shape index (κ2) is 32.8. The Kier molecular flexibility index (Phi) is 26.8. The maximum atomic E-state index is 14.3. The quantitative estimate of drug-likeness (QED) is 0.0206. The third-order valence-electron chi connectivity index (χ3n) is 11.0. The van der Waals surface area contributed by atoms with E-state index in [2.05, 4.69) is 37.2 Å². The van der Waals surface area contributed by atoms with Crippen LogP contribution in [0.2, 0.25) is 0 Å². The van der Waals surface area contributed by atoms with Gasteiger partial charge in [0.1, 0.15) is 29.9 Å². The Labute approximate surface area is 470 Å². The molecule has 0 aliphatic heterocycles. The van der Waals surface area contributed by atoms with Crippen molar-refractivity contribution >= 4 is 133 Å². The molecular weight excluding hydrogens is 1200 g/mol. The van der Waals surface area contributed by atoms with E-state index in [0.29, 0.717) is 31.2 Å². The number of aromatic hydroxyl groups is 1. The standard InChI is InChI=1S/C49H59As2N9O17S2/c52-34(23-78-25-41(63)54-31-12-8-29(9-13-31)50(74)75)44(67)57-36(21-28-6-16-33(61)17-7-28)47(70)58-37(20-27-4-2-1-3-5-27)46(69)56-35(18-19-43(65)66)45(68)59-38(22-40(53)62)48(71)60-39(49(72)73)24-79-26-42(64)55-32-14-10-30(11-15-32)51(76)77/h1-17,34-39,61,74-77H,18-26,52H2,(H2,53,62)(H,54,63)(H,55,64)(H,56,69)(H,57,67)(H,58,70)(H,59,68)(H,60,71)(H,65,66)(H,72,73). The van der Waals surface area contributed by atoms with Gasteiger partial charge in [-0.1, -0.05) is 42.5 Å². The molecule has 0 saturated carbocycles. The zero-order valence-corrected chi connectivity index (χ0v) is 47.1. The summed E-state index contributed by atoms with van der Waals surface area (Å²) in [7, 11) is 0. The van der Waals surface area contributed by atoms with Crippen LogP contribution in [-0.4, -0.2) is 181 Å². The number of phenols is 1. The van der Waals surface area contributed by atoms with Gasteiger partial charge in [-0.05, 0) is 29.7 Å². The minimum absolute atomic E-state index is 0.103. The summed E-state index contributed by atoms with van der Waals surface area (Å²) in [5.41, 5.74) is 13.2. The molecule has 4 rings (SSSR count). The van der Waals surface area contributed by atoms with Gasteiger partial charge in [-0.2, -0.15) is 0 Å². The van der Waals surface area contributed by atoms with Crippen LogP contribution in [0.25, 0.3) is 0 Å². The van der Waals surface area contributed by atoms with Gasteiger partial charge < -0.3 is 31.9 Å². The van der Waals surface area contributed by atoms with Crippen molar-refractivity contribution < 1.29 is 79.6 Å². The molecule has 8 amide bonds. The molecule has 6 unspecified atom stereocenters. The predicted octanol–water partition coefficient (Wildman–Crippen LogP) is -4.14. The second-order valence-corrected chi connectivity index (χ2v) is 23.9. The van der Waals surface area contributed by atoms with E-state index < -0.39 is 151 Å². The summed E-state index contributed by atoms with van der Waals surface area (Å²) in [6.45, 7) is 0. The maximum absolute atomic E-state index is 14.3. The Bertz CT molecular complexity index is 2750. The molecule has 0 bridgehead atoms. The van der Waals surface area contributed by atoms with E-state index in [1.165, 1.54) is 72.8 Å².